The molecule has 5 heteroatoms. The highest BCUT2D eigenvalue weighted by atomic mass is 32.2. The van der Waals surface area contributed by atoms with Crippen LogP contribution in [-0.4, -0.2) is 40.9 Å². The summed E-state index contributed by atoms with van der Waals surface area (Å²) >= 11 is 1.68. The zero-order valence-electron chi connectivity index (χ0n) is 13.1. The van der Waals surface area contributed by atoms with E-state index in [-0.39, 0.29) is 23.8 Å². The number of amides is 2. The third-order valence-electron chi connectivity index (χ3n) is 5.07. The minimum absolute atomic E-state index is 0.0344. The molecule has 0 spiro atoms. The number of nitrogens with one attached hydrogen (secondary N) is 1. The van der Waals surface area contributed by atoms with Crippen LogP contribution in [0, 0.1) is 11.8 Å². The van der Waals surface area contributed by atoms with Crippen LogP contribution in [0.3, 0.4) is 0 Å². The lowest BCUT2D eigenvalue weighted by Gasteiger charge is -2.23. The van der Waals surface area contributed by atoms with E-state index in [1.807, 2.05) is 18.2 Å². The van der Waals surface area contributed by atoms with Crippen LogP contribution < -0.4 is 5.32 Å². The number of carbonyl (C=O) groups is 2. The largest absolute Gasteiger partial charge is 0.354 e. The van der Waals surface area contributed by atoms with Crippen molar-refractivity contribution >= 4 is 23.6 Å². The molecule has 1 N–H and O–H groups in total. The second-order valence-corrected chi connectivity index (χ2v) is 7.87. The number of carbonyl (C=O) groups excluding carboxylic acids is 2. The highest BCUT2D eigenvalue weighted by Crippen LogP contribution is 2.49. The molecule has 0 unspecified atom stereocenters. The summed E-state index contributed by atoms with van der Waals surface area (Å²) in [5, 5.41) is 3.03. The molecular formula is C18H22N2O2S. The monoisotopic (exact) mass is 330 g/mol. The molecule has 3 aliphatic rings. The van der Waals surface area contributed by atoms with E-state index in [1.165, 1.54) is 18.4 Å². The van der Waals surface area contributed by atoms with Crippen LogP contribution in [0.1, 0.15) is 30.7 Å². The van der Waals surface area contributed by atoms with Gasteiger partial charge in [0.05, 0.1) is 5.88 Å². The number of thioether (sulfide) groups is 1. The van der Waals surface area contributed by atoms with Crippen LogP contribution in [0.25, 0.3) is 0 Å². The first kappa shape index (κ1) is 15.1. The van der Waals surface area contributed by atoms with Gasteiger partial charge in [0.15, 0.2) is 0 Å². The maximum atomic E-state index is 12.8. The van der Waals surface area contributed by atoms with Crippen molar-refractivity contribution in [2.75, 3.05) is 18.2 Å². The lowest BCUT2D eigenvalue weighted by Crippen LogP contribution is -2.48. The smallest absolute Gasteiger partial charge is 0.243 e. The standard InChI is InChI=1S/C18H22N2O2S/c21-17(19-9-12-6-7-12)16-10-23-11-20(16)18(22)15-8-14(15)13-4-2-1-3-5-13/h1-5,12,14-16H,6-11H2,(H,19,21)/t14-,15-,16+/m1/s1. The highest BCUT2D eigenvalue weighted by molar-refractivity contribution is 7.99. The molecule has 1 aliphatic heterocycles. The Balaban J connectivity index is 1.36. The van der Waals surface area contributed by atoms with E-state index in [4.69, 9.17) is 0 Å². The maximum absolute atomic E-state index is 12.8. The van der Waals surface area contributed by atoms with Crippen molar-refractivity contribution in [3.05, 3.63) is 35.9 Å². The van der Waals surface area contributed by atoms with Gasteiger partial charge in [-0.25, -0.2) is 0 Å². The van der Waals surface area contributed by atoms with Crippen molar-refractivity contribution in [2.24, 2.45) is 11.8 Å². The molecule has 1 heterocycles. The van der Waals surface area contributed by atoms with E-state index in [0.717, 1.165) is 18.7 Å². The average Bonchev–Trinajstić information content (AvgIpc) is 3.50. The number of hydrogen-bond donors (Lipinski definition) is 1. The summed E-state index contributed by atoms with van der Waals surface area (Å²) in [5.41, 5.74) is 1.24. The van der Waals surface area contributed by atoms with Crippen LogP contribution in [0.2, 0.25) is 0 Å². The van der Waals surface area contributed by atoms with E-state index in [9.17, 15) is 9.59 Å². The molecule has 1 aromatic rings. The molecule has 0 aromatic heterocycles. The molecule has 2 amide bonds. The number of nitrogens with zero attached hydrogens (tertiary/aromatic N) is 1. The Kier molecular flexibility index (Phi) is 4.05. The fourth-order valence-electron chi connectivity index (χ4n) is 3.31. The molecule has 23 heavy (non-hydrogen) atoms. The zero-order chi connectivity index (χ0) is 15.8. The van der Waals surface area contributed by atoms with Crippen molar-refractivity contribution in [2.45, 2.75) is 31.2 Å². The molecule has 4 nitrogen and oxygen atoms in total. The summed E-state index contributed by atoms with van der Waals surface area (Å²) in [6, 6.07) is 9.96. The number of hydrogen-bond acceptors (Lipinski definition) is 3. The highest BCUT2D eigenvalue weighted by Gasteiger charge is 2.48. The van der Waals surface area contributed by atoms with Gasteiger partial charge in [-0.15, -0.1) is 11.8 Å². The van der Waals surface area contributed by atoms with Crippen molar-refractivity contribution in [1.82, 2.24) is 10.2 Å². The molecule has 1 aromatic carbocycles. The van der Waals surface area contributed by atoms with Crippen LogP contribution in [0.4, 0.5) is 0 Å². The van der Waals surface area contributed by atoms with Gasteiger partial charge in [-0.1, -0.05) is 30.3 Å². The second-order valence-electron chi connectivity index (χ2n) is 6.87. The Morgan fingerprint density at radius 3 is 2.74 bits per heavy atom. The Morgan fingerprint density at radius 1 is 1.22 bits per heavy atom. The first-order chi connectivity index (χ1) is 11.2. The van der Waals surface area contributed by atoms with Gasteiger partial charge in [-0.05, 0) is 36.7 Å². The molecule has 0 bridgehead atoms. The Morgan fingerprint density at radius 2 is 2.00 bits per heavy atom. The first-order valence-electron chi connectivity index (χ1n) is 8.45. The van der Waals surface area contributed by atoms with Crippen molar-refractivity contribution < 1.29 is 9.59 Å². The summed E-state index contributed by atoms with van der Waals surface area (Å²) in [4.78, 5) is 27.0. The molecule has 2 aliphatic carbocycles. The molecular weight excluding hydrogens is 308 g/mol. The minimum Gasteiger partial charge on any atom is -0.354 e. The predicted molar refractivity (Wildman–Crippen MR) is 91.0 cm³/mol. The predicted octanol–water partition coefficient (Wildman–Crippen LogP) is 2.22. The van der Waals surface area contributed by atoms with Gasteiger partial charge >= 0.3 is 0 Å². The van der Waals surface area contributed by atoms with Crippen LogP contribution in [-0.2, 0) is 9.59 Å². The Labute approximate surface area is 141 Å². The van der Waals surface area contributed by atoms with Gasteiger partial charge in [0.25, 0.3) is 0 Å². The molecule has 4 rings (SSSR count). The molecule has 1 saturated heterocycles. The van der Waals surface area contributed by atoms with Gasteiger partial charge in [-0.3, -0.25) is 9.59 Å². The summed E-state index contributed by atoms with van der Waals surface area (Å²) in [5.74, 6) is 2.65. The number of rotatable bonds is 5. The van der Waals surface area contributed by atoms with E-state index in [0.29, 0.717) is 17.7 Å². The van der Waals surface area contributed by atoms with Crippen molar-refractivity contribution in [3.63, 3.8) is 0 Å². The van der Waals surface area contributed by atoms with E-state index in [1.54, 1.807) is 16.7 Å². The summed E-state index contributed by atoms with van der Waals surface area (Å²) in [7, 11) is 0. The van der Waals surface area contributed by atoms with Crippen LogP contribution in [0.15, 0.2) is 30.3 Å². The van der Waals surface area contributed by atoms with E-state index >= 15 is 0 Å². The third-order valence-corrected chi connectivity index (χ3v) is 6.08. The topological polar surface area (TPSA) is 49.4 Å². The van der Waals surface area contributed by atoms with Crippen molar-refractivity contribution in [1.29, 1.82) is 0 Å². The van der Waals surface area contributed by atoms with Crippen molar-refractivity contribution in [3.8, 4) is 0 Å². The quantitative estimate of drug-likeness (QED) is 0.900. The van der Waals surface area contributed by atoms with Gasteiger partial charge in [0.2, 0.25) is 11.8 Å². The van der Waals surface area contributed by atoms with Crippen LogP contribution in [0.5, 0.6) is 0 Å². The second kappa shape index (κ2) is 6.19. The lowest BCUT2D eigenvalue weighted by molar-refractivity contribution is -0.139. The number of benzene rings is 1. The molecule has 0 radical (unpaired) electrons. The van der Waals surface area contributed by atoms with Gasteiger partial charge in [0, 0.05) is 18.2 Å². The normalized spacial score (nSPS) is 29.4. The Bertz CT molecular complexity index is 602. The Hall–Kier alpha value is -1.49. The molecule has 3 atom stereocenters. The summed E-state index contributed by atoms with van der Waals surface area (Å²) in [6.07, 6.45) is 3.37. The molecule has 122 valence electrons. The molecule has 3 fully saturated rings. The van der Waals surface area contributed by atoms with Gasteiger partial charge < -0.3 is 10.2 Å². The van der Waals surface area contributed by atoms with E-state index in [2.05, 4.69) is 17.4 Å². The van der Waals surface area contributed by atoms with Gasteiger partial charge in [0.1, 0.15) is 6.04 Å². The zero-order valence-corrected chi connectivity index (χ0v) is 13.9. The van der Waals surface area contributed by atoms with Gasteiger partial charge in [-0.2, -0.15) is 0 Å². The average molecular weight is 330 g/mol. The minimum atomic E-state index is -0.275. The fourth-order valence-corrected chi connectivity index (χ4v) is 4.48. The SMILES string of the molecule is O=C(NCC1CC1)[C@@H]1CSCN1C(=O)[C@@H]1C[C@@H]1c1ccccc1. The fraction of sp³-hybridized carbons (Fsp3) is 0.556. The van der Waals surface area contributed by atoms with E-state index < -0.39 is 0 Å². The summed E-state index contributed by atoms with van der Waals surface area (Å²) in [6.45, 7) is 0.776. The first-order valence-corrected chi connectivity index (χ1v) is 9.60. The lowest BCUT2D eigenvalue weighted by atomic mass is 10.1. The molecule has 2 saturated carbocycles. The third kappa shape index (κ3) is 3.25. The summed E-state index contributed by atoms with van der Waals surface area (Å²) < 4.78 is 0. The maximum Gasteiger partial charge on any atom is 0.243 e. The van der Waals surface area contributed by atoms with Crippen LogP contribution >= 0.6 is 11.8 Å².